The molecule has 0 aromatic rings. The number of nitrogens with one attached hydrogen (secondary N) is 1. The second kappa shape index (κ2) is 5.66. The molecule has 1 N–H and O–H groups in total. The first kappa shape index (κ1) is 12.7. The molecule has 1 unspecified atom stereocenters. The molecule has 0 aromatic carbocycles. The lowest BCUT2D eigenvalue weighted by Gasteiger charge is -2.30. The first-order valence-electron chi connectivity index (χ1n) is 5.97. The van der Waals surface area contributed by atoms with Crippen molar-refractivity contribution in [3.05, 3.63) is 11.6 Å². The Kier molecular flexibility index (Phi) is 4.81. The summed E-state index contributed by atoms with van der Waals surface area (Å²) in [4.78, 5) is 0. The van der Waals surface area contributed by atoms with Crippen molar-refractivity contribution in [2.45, 2.75) is 46.1 Å². The van der Waals surface area contributed by atoms with Gasteiger partial charge in [-0.2, -0.15) is 0 Å². The summed E-state index contributed by atoms with van der Waals surface area (Å²) >= 11 is 0. The minimum Gasteiger partial charge on any atom is -0.383 e. The van der Waals surface area contributed by atoms with Gasteiger partial charge >= 0.3 is 0 Å². The number of ether oxygens (including phenoxy) is 1. The first-order chi connectivity index (χ1) is 7.04. The van der Waals surface area contributed by atoms with Crippen LogP contribution in [-0.2, 0) is 4.74 Å². The zero-order valence-corrected chi connectivity index (χ0v) is 10.6. The Labute approximate surface area is 94.1 Å². The zero-order chi connectivity index (χ0) is 11.3. The maximum absolute atomic E-state index is 5.04. The van der Waals surface area contributed by atoms with E-state index in [-0.39, 0.29) is 0 Å². The third-order valence-electron chi connectivity index (χ3n) is 3.04. The van der Waals surface area contributed by atoms with Gasteiger partial charge in [-0.05, 0) is 24.7 Å². The molecule has 0 spiro atoms. The second-order valence-corrected chi connectivity index (χ2v) is 5.39. The van der Waals surface area contributed by atoms with Gasteiger partial charge in [-0.1, -0.05) is 32.4 Å². The highest BCUT2D eigenvalue weighted by molar-refractivity contribution is 5.16. The van der Waals surface area contributed by atoms with Crippen LogP contribution in [0.3, 0.4) is 0 Å². The van der Waals surface area contributed by atoms with Crippen molar-refractivity contribution in [2.75, 3.05) is 20.3 Å². The maximum Gasteiger partial charge on any atom is 0.0587 e. The van der Waals surface area contributed by atoms with E-state index in [4.69, 9.17) is 4.74 Å². The lowest BCUT2D eigenvalue weighted by molar-refractivity contribution is 0.196. The van der Waals surface area contributed by atoms with Gasteiger partial charge in [-0.25, -0.2) is 0 Å². The molecule has 0 saturated carbocycles. The van der Waals surface area contributed by atoms with Crippen molar-refractivity contribution in [2.24, 2.45) is 5.41 Å². The third-order valence-corrected chi connectivity index (χ3v) is 3.04. The normalized spacial score (nSPS) is 22.7. The molecule has 0 fully saturated rings. The van der Waals surface area contributed by atoms with Gasteiger partial charge in [-0.3, -0.25) is 0 Å². The van der Waals surface area contributed by atoms with Crippen molar-refractivity contribution in [1.82, 2.24) is 5.32 Å². The lowest BCUT2D eigenvalue weighted by Crippen LogP contribution is -2.33. The van der Waals surface area contributed by atoms with Crippen molar-refractivity contribution < 1.29 is 4.74 Å². The SMILES string of the molecule is COCCNC1C=C(C(C)(C)C)CCC1. The predicted molar refractivity (Wildman–Crippen MR) is 65.1 cm³/mol. The van der Waals surface area contributed by atoms with Crippen LogP contribution in [0.4, 0.5) is 0 Å². The van der Waals surface area contributed by atoms with Crippen LogP contribution in [0.5, 0.6) is 0 Å². The van der Waals surface area contributed by atoms with E-state index < -0.39 is 0 Å². The Hall–Kier alpha value is -0.340. The van der Waals surface area contributed by atoms with Crippen molar-refractivity contribution >= 4 is 0 Å². The Morgan fingerprint density at radius 3 is 2.80 bits per heavy atom. The standard InChI is InChI=1S/C13H25NO/c1-13(2,3)11-6-5-7-12(10-11)14-8-9-15-4/h10,12,14H,5-9H2,1-4H3. The molecule has 1 aliphatic carbocycles. The molecule has 0 amide bonds. The largest absolute Gasteiger partial charge is 0.383 e. The average Bonchev–Trinajstić information content (AvgIpc) is 2.17. The van der Waals surface area contributed by atoms with Gasteiger partial charge in [0.15, 0.2) is 0 Å². The number of allylic oxidation sites excluding steroid dienone is 1. The van der Waals surface area contributed by atoms with E-state index in [1.54, 1.807) is 12.7 Å². The number of hydrogen-bond donors (Lipinski definition) is 1. The maximum atomic E-state index is 5.04. The first-order valence-corrected chi connectivity index (χ1v) is 5.97. The van der Waals surface area contributed by atoms with Crippen molar-refractivity contribution in [3.8, 4) is 0 Å². The summed E-state index contributed by atoms with van der Waals surface area (Å²) in [6.45, 7) is 8.66. The molecule has 1 aliphatic rings. The summed E-state index contributed by atoms with van der Waals surface area (Å²) in [5.74, 6) is 0. The molecule has 1 rings (SSSR count). The quantitative estimate of drug-likeness (QED) is 0.570. The second-order valence-electron chi connectivity index (χ2n) is 5.39. The average molecular weight is 211 g/mol. The fourth-order valence-electron chi connectivity index (χ4n) is 2.05. The van der Waals surface area contributed by atoms with Gasteiger partial charge < -0.3 is 10.1 Å². The molecule has 88 valence electrons. The van der Waals surface area contributed by atoms with E-state index in [0.717, 1.165) is 13.2 Å². The molecule has 0 aromatic heterocycles. The van der Waals surface area contributed by atoms with Gasteiger partial charge in [0.25, 0.3) is 0 Å². The zero-order valence-electron chi connectivity index (χ0n) is 10.6. The van der Waals surface area contributed by atoms with Crippen LogP contribution in [-0.4, -0.2) is 26.3 Å². The van der Waals surface area contributed by atoms with E-state index in [1.165, 1.54) is 19.3 Å². The van der Waals surface area contributed by atoms with Crippen LogP contribution in [0.15, 0.2) is 11.6 Å². The number of methoxy groups -OCH3 is 1. The highest BCUT2D eigenvalue weighted by Gasteiger charge is 2.21. The monoisotopic (exact) mass is 211 g/mol. The molecule has 0 radical (unpaired) electrons. The van der Waals surface area contributed by atoms with Crippen molar-refractivity contribution in [1.29, 1.82) is 0 Å². The Bertz CT molecular complexity index is 215. The Morgan fingerprint density at radius 2 is 2.20 bits per heavy atom. The van der Waals surface area contributed by atoms with Crippen LogP contribution in [0.1, 0.15) is 40.0 Å². The van der Waals surface area contributed by atoms with Crippen LogP contribution in [0, 0.1) is 5.41 Å². The molecule has 1 atom stereocenters. The van der Waals surface area contributed by atoms with Crippen LogP contribution >= 0.6 is 0 Å². The number of hydrogen-bond acceptors (Lipinski definition) is 2. The minimum absolute atomic E-state index is 0.335. The van der Waals surface area contributed by atoms with E-state index in [1.807, 2.05) is 0 Å². The van der Waals surface area contributed by atoms with Gasteiger partial charge in [0.2, 0.25) is 0 Å². The Morgan fingerprint density at radius 1 is 1.47 bits per heavy atom. The Balaban J connectivity index is 2.46. The molecule has 2 nitrogen and oxygen atoms in total. The molecule has 2 heteroatoms. The topological polar surface area (TPSA) is 21.3 Å². The van der Waals surface area contributed by atoms with Gasteiger partial charge in [0, 0.05) is 19.7 Å². The lowest BCUT2D eigenvalue weighted by atomic mass is 9.79. The van der Waals surface area contributed by atoms with Gasteiger partial charge in [0.1, 0.15) is 0 Å². The summed E-state index contributed by atoms with van der Waals surface area (Å²) < 4.78 is 5.04. The summed E-state index contributed by atoms with van der Waals surface area (Å²) in [7, 11) is 1.75. The van der Waals surface area contributed by atoms with Gasteiger partial charge in [-0.15, -0.1) is 0 Å². The van der Waals surface area contributed by atoms with E-state index in [9.17, 15) is 0 Å². The highest BCUT2D eigenvalue weighted by Crippen LogP contribution is 2.32. The molecule has 0 heterocycles. The van der Waals surface area contributed by atoms with Crippen LogP contribution < -0.4 is 5.32 Å². The molecular weight excluding hydrogens is 186 g/mol. The van der Waals surface area contributed by atoms with Crippen molar-refractivity contribution in [3.63, 3.8) is 0 Å². The smallest absolute Gasteiger partial charge is 0.0587 e. The summed E-state index contributed by atoms with van der Waals surface area (Å²) in [5.41, 5.74) is 1.94. The van der Waals surface area contributed by atoms with Crippen LogP contribution in [0.25, 0.3) is 0 Å². The van der Waals surface area contributed by atoms with E-state index in [0.29, 0.717) is 11.5 Å². The van der Waals surface area contributed by atoms with E-state index in [2.05, 4.69) is 32.2 Å². The summed E-state index contributed by atoms with van der Waals surface area (Å²) in [6, 6.07) is 0.558. The summed E-state index contributed by atoms with van der Waals surface area (Å²) in [5, 5.41) is 3.52. The molecule has 0 bridgehead atoms. The minimum atomic E-state index is 0.335. The molecule has 15 heavy (non-hydrogen) atoms. The molecule has 0 saturated heterocycles. The fourth-order valence-corrected chi connectivity index (χ4v) is 2.05. The highest BCUT2D eigenvalue weighted by atomic mass is 16.5. The molecule has 0 aliphatic heterocycles. The number of rotatable bonds is 4. The fraction of sp³-hybridized carbons (Fsp3) is 0.846. The molecular formula is C13H25NO. The van der Waals surface area contributed by atoms with Crippen LogP contribution in [0.2, 0.25) is 0 Å². The third kappa shape index (κ3) is 4.35. The predicted octanol–water partition coefficient (Wildman–Crippen LogP) is 2.75. The van der Waals surface area contributed by atoms with Gasteiger partial charge in [0.05, 0.1) is 6.61 Å². The van der Waals surface area contributed by atoms with E-state index >= 15 is 0 Å². The summed E-state index contributed by atoms with van der Waals surface area (Å²) in [6.07, 6.45) is 6.28.